The third kappa shape index (κ3) is 3.13. The maximum Gasteiger partial charge on any atom is 0.573 e. The standard InChI is InChI=1S/C14H10F3N5O2/c15-14(16,17)24-9-3-1-8(2-4-9)22(23)12(18)10-5-6-19-13-11(10)20-7-21-13/h1-7,18,23H,(H,19,20,21). The Bertz CT molecular complexity index is 876. The van der Waals surface area contributed by atoms with Crippen molar-refractivity contribution in [2.24, 2.45) is 0 Å². The van der Waals surface area contributed by atoms with Crippen LogP contribution < -0.4 is 9.80 Å². The molecule has 0 aliphatic rings. The van der Waals surface area contributed by atoms with Gasteiger partial charge in [-0.3, -0.25) is 10.6 Å². The summed E-state index contributed by atoms with van der Waals surface area (Å²) in [7, 11) is 0. The monoisotopic (exact) mass is 337 g/mol. The van der Waals surface area contributed by atoms with Gasteiger partial charge < -0.3 is 9.72 Å². The fourth-order valence-corrected chi connectivity index (χ4v) is 2.08. The zero-order valence-corrected chi connectivity index (χ0v) is 11.9. The van der Waals surface area contributed by atoms with Crippen molar-refractivity contribution in [1.82, 2.24) is 15.0 Å². The summed E-state index contributed by atoms with van der Waals surface area (Å²) in [4.78, 5) is 10.8. The summed E-state index contributed by atoms with van der Waals surface area (Å²) in [5, 5.41) is 18.8. The molecule has 0 atom stereocenters. The molecule has 1 aromatic carbocycles. The first-order valence-corrected chi connectivity index (χ1v) is 6.57. The van der Waals surface area contributed by atoms with Crippen LogP contribution in [0, 0.1) is 5.41 Å². The number of ether oxygens (including phenoxy) is 1. The van der Waals surface area contributed by atoms with Crippen molar-refractivity contribution in [1.29, 1.82) is 5.41 Å². The average molecular weight is 337 g/mol. The number of pyridine rings is 1. The Hall–Kier alpha value is -3.14. The van der Waals surface area contributed by atoms with Gasteiger partial charge in [0.15, 0.2) is 11.5 Å². The molecule has 0 fully saturated rings. The zero-order chi connectivity index (χ0) is 17.3. The minimum Gasteiger partial charge on any atom is -0.406 e. The summed E-state index contributed by atoms with van der Waals surface area (Å²) in [6, 6.07) is 5.98. The summed E-state index contributed by atoms with van der Waals surface area (Å²) in [6.45, 7) is 0. The highest BCUT2D eigenvalue weighted by Crippen LogP contribution is 2.26. The van der Waals surface area contributed by atoms with Crippen LogP contribution in [-0.4, -0.2) is 32.4 Å². The molecule has 7 nitrogen and oxygen atoms in total. The second kappa shape index (κ2) is 5.81. The number of benzene rings is 1. The maximum absolute atomic E-state index is 12.1. The van der Waals surface area contributed by atoms with Crippen molar-refractivity contribution in [3.05, 3.63) is 48.4 Å². The molecule has 0 aliphatic carbocycles. The highest BCUT2D eigenvalue weighted by atomic mass is 19.4. The van der Waals surface area contributed by atoms with Gasteiger partial charge in [0, 0.05) is 11.8 Å². The minimum atomic E-state index is -4.80. The molecule has 2 aromatic heterocycles. The lowest BCUT2D eigenvalue weighted by Gasteiger charge is -2.18. The Kier molecular flexibility index (Phi) is 3.81. The molecule has 0 aliphatic heterocycles. The Labute approximate surface area is 132 Å². The summed E-state index contributed by atoms with van der Waals surface area (Å²) in [6.07, 6.45) is -1.96. The third-order valence-electron chi connectivity index (χ3n) is 3.11. The lowest BCUT2D eigenvalue weighted by Crippen LogP contribution is -2.27. The molecular weight excluding hydrogens is 327 g/mol. The van der Waals surface area contributed by atoms with Crippen LogP contribution in [0.3, 0.4) is 0 Å². The van der Waals surface area contributed by atoms with Gasteiger partial charge in [-0.2, -0.15) is 0 Å². The molecular formula is C14H10F3N5O2. The molecule has 0 saturated heterocycles. The second-order valence-corrected chi connectivity index (χ2v) is 4.66. The fourth-order valence-electron chi connectivity index (χ4n) is 2.08. The molecule has 2 heterocycles. The summed E-state index contributed by atoms with van der Waals surface area (Å²) in [5.74, 6) is -0.720. The third-order valence-corrected chi connectivity index (χ3v) is 3.11. The molecule has 0 spiro atoms. The molecule has 0 bridgehead atoms. The van der Waals surface area contributed by atoms with Gasteiger partial charge in [-0.05, 0) is 30.3 Å². The minimum absolute atomic E-state index is 0.0963. The highest BCUT2D eigenvalue weighted by molar-refractivity contribution is 6.12. The number of fused-ring (bicyclic) bond motifs is 1. The fraction of sp³-hybridized carbons (Fsp3) is 0.0714. The Morgan fingerprint density at radius 2 is 1.88 bits per heavy atom. The first-order valence-electron chi connectivity index (χ1n) is 6.57. The number of imidazole rings is 1. The van der Waals surface area contributed by atoms with Crippen molar-refractivity contribution in [3.8, 4) is 5.75 Å². The first kappa shape index (κ1) is 15.7. The Balaban J connectivity index is 1.84. The topological polar surface area (TPSA) is 98.1 Å². The summed E-state index contributed by atoms with van der Waals surface area (Å²) < 4.78 is 40.2. The molecule has 24 heavy (non-hydrogen) atoms. The van der Waals surface area contributed by atoms with E-state index in [9.17, 15) is 18.4 Å². The van der Waals surface area contributed by atoms with Crippen LogP contribution in [0.4, 0.5) is 18.9 Å². The zero-order valence-electron chi connectivity index (χ0n) is 11.9. The van der Waals surface area contributed by atoms with E-state index in [2.05, 4.69) is 19.7 Å². The van der Waals surface area contributed by atoms with E-state index in [0.717, 1.165) is 12.1 Å². The van der Waals surface area contributed by atoms with E-state index >= 15 is 0 Å². The number of H-pyrrole nitrogens is 1. The SMILES string of the molecule is N=C(c1ccnc2nc[nH]c12)N(O)c1ccc(OC(F)(F)F)cc1. The van der Waals surface area contributed by atoms with Crippen molar-refractivity contribution in [3.63, 3.8) is 0 Å². The second-order valence-electron chi connectivity index (χ2n) is 4.66. The van der Waals surface area contributed by atoms with Gasteiger partial charge >= 0.3 is 6.36 Å². The Morgan fingerprint density at radius 1 is 1.17 bits per heavy atom. The van der Waals surface area contributed by atoms with Crippen LogP contribution in [0.5, 0.6) is 5.75 Å². The van der Waals surface area contributed by atoms with Crippen LogP contribution in [0.25, 0.3) is 11.2 Å². The van der Waals surface area contributed by atoms with Crippen LogP contribution in [0.1, 0.15) is 5.56 Å². The molecule has 0 unspecified atom stereocenters. The normalized spacial score (nSPS) is 11.5. The van der Waals surface area contributed by atoms with Crippen molar-refractivity contribution in [2.45, 2.75) is 6.36 Å². The van der Waals surface area contributed by atoms with Crippen molar-refractivity contribution >= 4 is 22.7 Å². The van der Waals surface area contributed by atoms with E-state index in [0.29, 0.717) is 21.8 Å². The molecule has 3 aromatic rings. The molecule has 3 N–H and O–H groups in total. The number of aromatic amines is 1. The van der Waals surface area contributed by atoms with Gasteiger partial charge in [-0.15, -0.1) is 13.2 Å². The summed E-state index contributed by atoms with van der Waals surface area (Å²) >= 11 is 0. The smallest absolute Gasteiger partial charge is 0.406 e. The van der Waals surface area contributed by atoms with Crippen LogP contribution >= 0.6 is 0 Å². The Morgan fingerprint density at radius 3 is 2.54 bits per heavy atom. The van der Waals surface area contributed by atoms with Gasteiger partial charge in [0.1, 0.15) is 5.75 Å². The number of halogens is 3. The van der Waals surface area contributed by atoms with E-state index < -0.39 is 12.1 Å². The number of amidine groups is 1. The first-order chi connectivity index (χ1) is 11.3. The number of hydroxylamine groups is 1. The number of alkyl halides is 3. The molecule has 0 saturated carbocycles. The maximum atomic E-state index is 12.1. The van der Waals surface area contributed by atoms with Gasteiger partial charge in [0.25, 0.3) is 0 Å². The predicted octanol–water partition coefficient (Wildman–Crippen LogP) is 3.08. The van der Waals surface area contributed by atoms with Gasteiger partial charge in [-0.25, -0.2) is 15.0 Å². The van der Waals surface area contributed by atoms with Gasteiger partial charge in [-0.1, -0.05) is 0 Å². The van der Waals surface area contributed by atoms with Gasteiger partial charge in [0.2, 0.25) is 0 Å². The number of anilines is 1. The number of hydrogen-bond donors (Lipinski definition) is 3. The van der Waals surface area contributed by atoms with Gasteiger partial charge in [0.05, 0.1) is 17.5 Å². The van der Waals surface area contributed by atoms with Crippen LogP contribution in [-0.2, 0) is 0 Å². The molecule has 3 rings (SSSR count). The quantitative estimate of drug-likeness (QED) is 0.388. The summed E-state index contributed by atoms with van der Waals surface area (Å²) in [5.41, 5.74) is 1.26. The molecule has 0 amide bonds. The predicted molar refractivity (Wildman–Crippen MR) is 78.1 cm³/mol. The number of rotatable bonds is 3. The number of aromatic nitrogens is 3. The highest BCUT2D eigenvalue weighted by Gasteiger charge is 2.31. The average Bonchev–Trinajstić information content (AvgIpc) is 3.01. The van der Waals surface area contributed by atoms with E-state index in [1.54, 1.807) is 0 Å². The van der Waals surface area contributed by atoms with E-state index in [1.807, 2.05) is 0 Å². The molecule has 10 heteroatoms. The van der Waals surface area contributed by atoms with E-state index in [1.165, 1.54) is 30.7 Å². The van der Waals surface area contributed by atoms with E-state index in [-0.39, 0.29) is 11.5 Å². The number of nitrogens with zero attached hydrogens (tertiary/aromatic N) is 3. The van der Waals surface area contributed by atoms with Crippen LogP contribution in [0.15, 0.2) is 42.9 Å². The van der Waals surface area contributed by atoms with Crippen LogP contribution in [0.2, 0.25) is 0 Å². The molecule has 0 radical (unpaired) electrons. The lowest BCUT2D eigenvalue weighted by molar-refractivity contribution is -0.274. The number of nitrogens with one attached hydrogen (secondary N) is 2. The van der Waals surface area contributed by atoms with E-state index in [4.69, 9.17) is 5.41 Å². The largest absolute Gasteiger partial charge is 0.573 e. The van der Waals surface area contributed by atoms with Crippen molar-refractivity contribution < 1.29 is 23.1 Å². The van der Waals surface area contributed by atoms with Crippen molar-refractivity contribution in [2.75, 3.05) is 5.06 Å². The lowest BCUT2D eigenvalue weighted by atomic mass is 10.2. The molecule has 124 valence electrons. The number of hydrogen-bond acceptors (Lipinski definition) is 5.